The van der Waals surface area contributed by atoms with E-state index in [2.05, 4.69) is 15.9 Å². The predicted molar refractivity (Wildman–Crippen MR) is 66.9 cm³/mol. The van der Waals surface area contributed by atoms with Crippen molar-refractivity contribution in [2.75, 3.05) is 7.11 Å². The molecule has 1 aromatic rings. The van der Waals surface area contributed by atoms with Crippen LogP contribution in [0.25, 0.3) is 0 Å². The lowest BCUT2D eigenvalue weighted by molar-refractivity contribution is 0.403. The van der Waals surface area contributed by atoms with Crippen molar-refractivity contribution >= 4 is 26.7 Å². The number of ether oxygens (including phenoxy) is 1. The van der Waals surface area contributed by atoms with Gasteiger partial charge in [-0.25, -0.2) is 0 Å². The Hall–Kier alpha value is -0.350. The van der Waals surface area contributed by atoms with E-state index in [9.17, 15) is 4.21 Å². The molecule has 0 saturated heterocycles. The maximum Gasteiger partial charge on any atom is 0.136 e. The van der Waals surface area contributed by atoms with Crippen LogP contribution in [-0.2, 0) is 10.8 Å². The molecule has 0 fully saturated rings. The Morgan fingerprint density at radius 2 is 1.93 bits per heavy atom. The molecule has 0 aliphatic carbocycles. The molecule has 1 unspecified atom stereocenters. The van der Waals surface area contributed by atoms with E-state index < -0.39 is 10.8 Å². The van der Waals surface area contributed by atoms with Crippen LogP contribution in [0.1, 0.15) is 20.8 Å². The SMILES string of the molecule is COc1cccc(Br)c1S(=O)C(C)(C)C. The Morgan fingerprint density at radius 3 is 2.40 bits per heavy atom. The van der Waals surface area contributed by atoms with Gasteiger partial charge in [-0.2, -0.15) is 0 Å². The number of hydrogen-bond acceptors (Lipinski definition) is 2. The minimum atomic E-state index is -1.10. The molecule has 0 saturated carbocycles. The second kappa shape index (κ2) is 4.66. The summed E-state index contributed by atoms with van der Waals surface area (Å²) in [6.07, 6.45) is 0. The first-order chi connectivity index (χ1) is 6.88. The minimum Gasteiger partial charge on any atom is -0.495 e. The zero-order valence-corrected chi connectivity index (χ0v) is 11.7. The van der Waals surface area contributed by atoms with Crippen molar-refractivity contribution in [1.82, 2.24) is 0 Å². The van der Waals surface area contributed by atoms with Crippen LogP contribution in [0.15, 0.2) is 27.6 Å². The van der Waals surface area contributed by atoms with Gasteiger partial charge in [-0.3, -0.25) is 4.21 Å². The normalized spacial score (nSPS) is 13.7. The minimum absolute atomic E-state index is 0.294. The molecule has 1 rings (SSSR count). The zero-order valence-electron chi connectivity index (χ0n) is 9.33. The van der Waals surface area contributed by atoms with Crippen molar-refractivity contribution in [3.63, 3.8) is 0 Å². The largest absolute Gasteiger partial charge is 0.495 e. The fourth-order valence-corrected chi connectivity index (χ4v) is 3.12. The van der Waals surface area contributed by atoms with Gasteiger partial charge in [0.2, 0.25) is 0 Å². The number of benzene rings is 1. The average molecular weight is 291 g/mol. The third-order valence-corrected chi connectivity index (χ3v) is 4.72. The summed E-state index contributed by atoms with van der Waals surface area (Å²) in [4.78, 5) is 0.729. The molecule has 0 spiro atoms. The van der Waals surface area contributed by atoms with Gasteiger partial charge in [-0.05, 0) is 48.8 Å². The van der Waals surface area contributed by atoms with Crippen LogP contribution in [0.3, 0.4) is 0 Å². The Kier molecular flexibility index (Phi) is 3.95. The first-order valence-corrected chi connectivity index (χ1v) is 6.56. The van der Waals surface area contributed by atoms with Gasteiger partial charge in [0.05, 0.1) is 22.8 Å². The van der Waals surface area contributed by atoms with E-state index in [0.717, 1.165) is 9.37 Å². The summed E-state index contributed by atoms with van der Waals surface area (Å²) >= 11 is 3.41. The third kappa shape index (κ3) is 2.82. The molecule has 2 nitrogen and oxygen atoms in total. The highest BCUT2D eigenvalue weighted by Crippen LogP contribution is 2.34. The van der Waals surface area contributed by atoms with Crippen LogP contribution in [0.2, 0.25) is 0 Å². The molecular weight excluding hydrogens is 276 g/mol. The summed E-state index contributed by atoms with van der Waals surface area (Å²) in [5.74, 6) is 0.664. The molecule has 0 radical (unpaired) electrons. The number of halogens is 1. The standard InChI is InChI=1S/C11H15BrO2S/c1-11(2,3)15(13)10-8(12)6-5-7-9(10)14-4/h5-7H,1-4H3. The van der Waals surface area contributed by atoms with Crippen LogP contribution in [-0.4, -0.2) is 16.1 Å². The maximum atomic E-state index is 12.3. The lowest BCUT2D eigenvalue weighted by Crippen LogP contribution is -2.22. The van der Waals surface area contributed by atoms with Crippen molar-refractivity contribution in [3.05, 3.63) is 22.7 Å². The van der Waals surface area contributed by atoms with E-state index in [1.807, 2.05) is 39.0 Å². The van der Waals surface area contributed by atoms with Gasteiger partial charge in [-0.1, -0.05) is 6.07 Å². The van der Waals surface area contributed by atoms with E-state index >= 15 is 0 Å². The lowest BCUT2D eigenvalue weighted by Gasteiger charge is -2.20. The highest BCUT2D eigenvalue weighted by atomic mass is 79.9. The number of rotatable bonds is 2. The van der Waals surface area contributed by atoms with E-state index in [1.54, 1.807) is 7.11 Å². The van der Waals surface area contributed by atoms with Crippen LogP contribution in [0.5, 0.6) is 5.75 Å². The van der Waals surface area contributed by atoms with Crippen molar-refractivity contribution in [3.8, 4) is 5.75 Å². The number of methoxy groups -OCH3 is 1. The highest BCUT2D eigenvalue weighted by molar-refractivity contribution is 9.10. The van der Waals surface area contributed by atoms with E-state index in [-0.39, 0.29) is 4.75 Å². The van der Waals surface area contributed by atoms with Gasteiger partial charge in [0.25, 0.3) is 0 Å². The quantitative estimate of drug-likeness (QED) is 0.835. The van der Waals surface area contributed by atoms with E-state index in [0.29, 0.717) is 5.75 Å². The molecule has 84 valence electrons. The van der Waals surface area contributed by atoms with Gasteiger partial charge in [0, 0.05) is 9.22 Å². The topological polar surface area (TPSA) is 26.3 Å². The van der Waals surface area contributed by atoms with Crippen molar-refractivity contribution in [2.45, 2.75) is 30.4 Å². The molecule has 0 aromatic heterocycles. The molecule has 1 atom stereocenters. The smallest absolute Gasteiger partial charge is 0.136 e. The number of hydrogen-bond donors (Lipinski definition) is 0. The molecule has 0 aliphatic heterocycles. The summed E-state index contributed by atoms with van der Waals surface area (Å²) in [5, 5.41) is 0. The molecule has 1 aromatic carbocycles. The monoisotopic (exact) mass is 290 g/mol. The van der Waals surface area contributed by atoms with E-state index in [1.165, 1.54) is 0 Å². The van der Waals surface area contributed by atoms with Crippen molar-refractivity contribution in [1.29, 1.82) is 0 Å². The van der Waals surface area contributed by atoms with Gasteiger partial charge in [-0.15, -0.1) is 0 Å². The molecule has 0 bridgehead atoms. The maximum absolute atomic E-state index is 12.3. The summed E-state index contributed by atoms with van der Waals surface area (Å²) in [6.45, 7) is 5.84. The first kappa shape index (κ1) is 12.7. The molecule has 4 heteroatoms. The zero-order chi connectivity index (χ0) is 11.6. The predicted octanol–water partition coefficient (Wildman–Crippen LogP) is 3.36. The van der Waals surface area contributed by atoms with Gasteiger partial charge < -0.3 is 4.74 Å². The molecular formula is C11H15BrO2S. The molecule has 0 N–H and O–H groups in total. The highest BCUT2D eigenvalue weighted by Gasteiger charge is 2.25. The van der Waals surface area contributed by atoms with E-state index in [4.69, 9.17) is 4.74 Å². The van der Waals surface area contributed by atoms with Crippen molar-refractivity contribution < 1.29 is 8.95 Å². The fourth-order valence-electron chi connectivity index (χ4n) is 1.14. The van der Waals surface area contributed by atoms with Gasteiger partial charge in [0.1, 0.15) is 5.75 Å². The van der Waals surface area contributed by atoms with Crippen LogP contribution in [0, 0.1) is 0 Å². The third-order valence-electron chi connectivity index (χ3n) is 1.89. The van der Waals surface area contributed by atoms with Gasteiger partial charge >= 0.3 is 0 Å². The summed E-state index contributed by atoms with van der Waals surface area (Å²) in [6, 6.07) is 5.57. The van der Waals surface area contributed by atoms with Crippen LogP contribution in [0.4, 0.5) is 0 Å². The van der Waals surface area contributed by atoms with Crippen LogP contribution >= 0.6 is 15.9 Å². The Bertz CT molecular complexity index is 383. The average Bonchev–Trinajstić information content (AvgIpc) is 2.15. The Labute approximate surface area is 102 Å². The molecule has 0 amide bonds. The lowest BCUT2D eigenvalue weighted by atomic mass is 10.3. The molecule has 15 heavy (non-hydrogen) atoms. The Balaban J connectivity index is 3.30. The second-order valence-electron chi connectivity index (χ2n) is 4.15. The summed E-state index contributed by atoms with van der Waals surface area (Å²) in [5.41, 5.74) is 0. The first-order valence-electron chi connectivity index (χ1n) is 4.62. The summed E-state index contributed by atoms with van der Waals surface area (Å²) < 4.78 is 18.0. The fraction of sp³-hybridized carbons (Fsp3) is 0.455. The molecule has 0 heterocycles. The van der Waals surface area contributed by atoms with Gasteiger partial charge in [0.15, 0.2) is 0 Å². The Morgan fingerprint density at radius 1 is 1.33 bits per heavy atom. The second-order valence-corrected chi connectivity index (χ2v) is 7.18. The van der Waals surface area contributed by atoms with Crippen molar-refractivity contribution in [2.24, 2.45) is 0 Å². The van der Waals surface area contributed by atoms with Crippen LogP contribution < -0.4 is 4.74 Å². The summed E-state index contributed by atoms with van der Waals surface area (Å²) in [7, 11) is 0.493. The molecule has 0 aliphatic rings.